The molecular formula is C30H55N2+. The Morgan fingerprint density at radius 1 is 0.656 bits per heavy atom. The second-order valence-electron chi connectivity index (χ2n) is 10.1. The van der Waals surface area contributed by atoms with Crippen LogP contribution in [0.4, 0.5) is 0 Å². The van der Waals surface area contributed by atoms with Gasteiger partial charge in [0.15, 0.2) is 0 Å². The van der Waals surface area contributed by atoms with Gasteiger partial charge >= 0.3 is 0 Å². The van der Waals surface area contributed by atoms with E-state index >= 15 is 0 Å². The topological polar surface area (TPSA) is 26.0 Å². The monoisotopic (exact) mass is 443 g/mol. The Labute approximate surface area is 201 Å². The van der Waals surface area contributed by atoms with Crippen molar-refractivity contribution in [3.63, 3.8) is 0 Å². The molecule has 1 atom stereocenters. The Morgan fingerprint density at radius 2 is 1.16 bits per heavy atom. The van der Waals surface area contributed by atoms with Gasteiger partial charge in [-0.3, -0.25) is 0 Å². The molecule has 0 bridgehead atoms. The summed E-state index contributed by atoms with van der Waals surface area (Å²) in [5, 5.41) is 0. The Morgan fingerprint density at radius 3 is 1.72 bits per heavy atom. The predicted octanol–water partition coefficient (Wildman–Crippen LogP) is 8.41. The fourth-order valence-corrected chi connectivity index (χ4v) is 4.68. The molecule has 32 heavy (non-hydrogen) atoms. The summed E-state index contributed by atoms with van der Waals surface area (Å²) in [5.74, 6) is 0. The molecule has 1 rings (SSSR count). The van der Waals surface area contributed by atoms with Crippen molar-refractivity contribution in [3.8, 4) is 0 Å². The molecule has 0 spiro atoms. The number of nitrogens with zero attached hydrogens (tertiary/aromatic N) is 1. The summed E-state index contributed by atoms with van der Waals surface area (Å²) < 4.78 is 1.13. The largest absolute Gasteiger partial charge is 0.330 e. The SMILES string of the molecule is CCCCCCCC/C=C\CCCCCCCCC[N+](C)(CCCN)Cc1ccccc1. The Bertz CT molecular complexity index is 539. The summed E-state index contributed by atoms with van der Waals surface area (Å²) >= 11 is 0. The van der Waals surface area contributed by atoms with E-state index < -0.39 is 0 Å². The van der Waals surface area contributed by atoms with E-state index in [1.165, 1.54) is 115 Å². The van der Waals surface area contributed by atoms with Crippen LogP contribution in [0.25, 0.3) is 0 Å². The molecule has 0 radical (unpaired) electrons. The summed E-state index contributed by atoms with van der Waals surface area (Å²) in [4.78, 5) is 0. The van der Waals surface area contributed by atoms with Crippen molar-refractivity contribution in [2.75, 3.05) is 26.7 Å². The first-order chi connectivity index (χ1) is 15.7. The lowest BCUT2D eigenvalue weighted by Crippen LogP contribution is -2.45. The van der Waals surface area contributed by atoms with Crippen LogP contribution in [0, 0.1) is 0 Å². The van der Waals surface area contributed by atoms with Crippen LogP contribution in [0.2, 0.25) is 0 Å². The van der Waals surface area contributed by atoms with Gasteiger partial charge in [0, 0.05) is 12.0 Å². The van der Waals surface area contributed by atoms with Crippen LogP contribution in [0.3, 0.4) is 0 Å². The summed E-state index contributed by atoms with van der Waals surface area (Å²) in [7, 11) is 2.42. The van der Waals surface area contributed by atoms with Crippen molar-refractivity contribution in [2.24, 2.45) is 5.73 Å². The molecule has 0 amide bonds. The number of rotatable bonds is 22. The first-order valence-corrected chi connectivity index (χ1v) is 13.9. The van der Waals surface area contributed by atoms with E-state index in [0.717, 1.165) is 24.0 Å². The Kier molecular flexibility index (Phi) is 18.5. The fraction of sp³-hybridized carbons (Fsp3) is 0.733. The van der Waals surface area contributed by atoms with E-state index in [1.807, 2.05) is 0 Å². The van der Waals surface area contributed by atoms with Gasteiger partial charge in [-0.25, -0.2) is 0 Å². The summed E-state index contributed by atoms with van der Waals surface area (Å²) in [6.45, 7) is 6.69. The van der Waals surface area contributed by atoms with Gasteiger partial charge in [-0.05, 0) is 45.1 Å². The molecule has 1 aromatic carbocycles. The molecular weight excluding hydrogens is 388 g/mol. The van der Waals surface area contributed by atoms with Gasteiger partial charge in [-0.2, -0.15) is 0 Å². The minimum absolute atomic E-state index is 0.802. The Balaban J connectivity index is 2.00. The van der Waals surface area contributed by atoms with Crippen molar-refractivity contribution >= 4 is 0 Å². The van der Waals surface area contributed by atoms with E-state index in [-0.39, 0.29) is 0 Å². The molecule has 0 aliphatic heterocycles. The third-order valence-electron chi connectivity index (χ3n) is 6.77. The number of unbranched alkanes of at least 4 members (excludes halogenated alkanes) is 13. The highest BCUT2D eigenvalue weighted by Crippen LogP contribution is 2.16. The quantitative estimate of drug-likeness (QED) is 0.109. The highest BCUT2D eigenvalue weighted by molar-refractivity contribution is 5.13. The maximum absolute atomic E-state index is 5.81. The molecule has 0 saturated carbocycles. The minimum atomic E-state index is 0.802. The van der Waals surface area contributed by atoms with Crippen LogP contribution in [-0.2, 0) is 6.54 Å². The third kappa shape index (κ3) is 16.5. The van der Waals surface area contributed by atoms with Crippen LogP contribution in [0.1, 0.15) is 115 Å². The molecule has 184 valence electrons. The normalized spacial score (nSPS) is 13.6. The fourth-order valence-electron chi connectivity index (χ4n) is 4.68. The van der Waals surface area contributed by atoms with Gasteiger partial charge in [-0.1, -0.05) is 107 Å². The number of benzene rings is 1. The highest BCUT2D eigenvalue weighted by atomic mass is 15.3. The average molecular weight is 444 g/mol. The van der Waals surface area contributed by atoms with Gasteiger partial charge in [0.05, 0.1) is 20.1 Å². The maximum Gasteiger partial charge on any atom is 0.104 e. The van der Waals surface area contributed by atoms with Gasteiger partial charge < -0.3 is 10.2 Å². The van der Waals surface area contributed by atoms with Crippen LogP contribution in [-0.4, -0.2) is 31.2 Å². The smallest absolute Gasteiger partial charge is 0.104 e. The zero-order valence-electron chi connectivity index (χ0n) is 21.7. The van der Waals surface area contributed by atoms with Crippen LogP contribution in [0.5, 0.6) is 0 Å². The molecule has 2 nitrogen and oxygen atoms in total. The van der Waals surface area contributed by atoms with Crippen molar-refractivity contribution in [3.05, 3.63) is 48.0 Å². The zero-order chi connectivity index (χ0) is 23.2. The van der Waals surface area contributed by atoms with Crippen LogP contribution in [0.15, 0.2) is 42.5 Å². The predicted molar refractivity (Wildman–Crippen MR) is 144 cm³/mol. The summed E-state index contributed by atoms with van der Waals surface area (Å²) in [6.07, 6.45) is 26.7. The molecule has 2 N–H and O–H groups in total. The van der Waals surface area contributed by atoms with Crippen molar-refractivity contribution < 1.29 is 4.48 Å². The minimum Gasteiger partial charge on any atom is -0.330 e. The number of allylic oxidation sites excluding steroid dienone is 2. The van der Waals surface area contributed by atoms with Crippen molar-refractivity contribution in [1.29, 1.82) is 0 Å². The number of nitrogens with two attached hydrogens (primary N) is 1. The second-order valence-corrected chi connectivity index (χ2v) is 10.1. The van der Waals surface area contributed by atoms with Crippen molar-refractivity contribution in [1.82, 2.24) is 0 Å². The van der Waals surface area contributed by atoms with Crippen LogP contribution >= 0.6 is 0 Å². The van der Waals surface area contributed by atoms with Gasteiger partial charge in [0.1, 0.15) is 6.54 Å². The first-order valence-electron chi connectivity index (χ1n) is 13.9. The first kappa shape index (κ1) is 28.9. The lowest BCUT2D eigenvalue weighted by atomic mass is 10.1. The van der Waals surface area contributed by atoms with Crippen molar-refractivity contribution in [2.45, 2.75) is 116 Å². The third-order valence-corrected chi connectivity index (χ3v) is 6.77. The van der Waals surface area contributed by atoms with E-state index in [1.54, 1.807) is 0 Å². The standard InChI is InChI=1S/C30H55N2/c1-3-4-5-6-7-8-9-10-11-12-13-14-15-16-17-18-22-27-32(2,28-23-26-31)29-30-24-20-19-21-25-30/h10-11,19-21,24-25H,3-9,12-18,22-23,26-29,31H2,1-2H3/q+1/b11-10-. The Hall–Kier alpha value is -1.12. The lowest BCUT2D eigenvalue weighted by molar-refractivity contribution is -0.922. The van der Waals surface area contributed by atoms with E-state index in [4.69, 9.17) is 5.73 Å². The molecule has 0 aliphatic carbocycles. The molecule has 0 aliphatic rings. The maximum atomic E-state index is 5.81. The molecule has 0 saturated heterocycles. The van der Waals surface area contributed by atoms with E-state index in [0.29, 0.717) is 0 Å². The van der Waals surface area contributed by atoms with Gasteiger partial charge in [0.2, 0.25) is 0 Å². The molecule has 0 aromatic heterocycles. The number of quaternary nitrogens is 1. The number of hydrogen-bond acceptors (Lipinski definition) is 1. The van der Waals surface area contributed by atoms with E-state index in [2.05, 4.69) is 56.5 Å². The highest BCUT2D eigenvalue weighted by Gasteiger charge is 2.20. The second kappa shape index (κ2) is 20.5. The molecule has 0 fully saturated rings. The summed E-state index contributed by atoms with van der Waals surface area (Å²) in [6, 6.07) is 11.0. The van der Waals surface area contributed by atoms with E-state index in [9.17, 15) is 0 Å². The average Bonchev–Trinajstić information content (AvgIpc) is 2.80. The zero-order valence-corrected chi connectivity index (χ0v) is 21.7. The molecule has 1 aromatic rings. The van der Waals surface area contributed by atoms with Gasteiger partial charge in [-0.15, -0.1) is 0 Å². The molecule has 1 unspecified atom stereocenters. The molecule has 0 heterocycles. The van der Waals surface area contributed by atoms with Gasteiger partial charge in [0.25, 0.3) is 0 Å². The summed E-state index contributed by atoms with van der Waals surface area (Å²) in [5.41, 5.74) is 7.26. The lowest BCUT2D eigenvalue weighted by Gasteiger charge is -2.35. The van der Waals surface area contributed by atoms with Crippen LogP contribution < -0.4 is 5.73 Å². The number of hydrogen-bond donors (Lipinski definition) is 1. The molecule has 2 heteroatoms.